The molecule has 29 heavy (non-hydrogen) atoms. The minimum Gasteiger partial charge on any atom is -0.497 e. The number of rotatable bonds is 8. The fraction of sp³-hybridized carbons (Fsp3) is 0.136. The summed E-state index contributed by atoms with van der Waals surface area (Å²) >= 11 is 0. The van der Waals surface area contributed by atoms with Gasteiger partial charge in [-0.15, -0.1) is 0 Å². The van der Waals surface area contributed by atoms with Crippen LogP contribution in [0.4, 0.5) is 5.69 Å². The second kappa shape index (κ2) is 8.88. The quantitative estimate of drug-likeness (QED) is 0.232. The molecule has 148 valence electrons. The van der Waals surface area contributed by atoms with Gasteiger partial charge in [-0.2, -0.15) is 0 Å². The summed E-state index contributed by atoms with van der Waals surface area (Å²) in [5.41, 5.74) is 1.11. The molecule has 0 fully saturated rings. The highest BCUT2D eigenvalue weighted by molar-refractivity contribution is 6.06. The molecule has 0 saturated heterocycles. The Kier molecular flexibility index (Phi) is 6.09. The first-order chi connectivity index (χ1) is 14.0. The molecule has 0 bridgehead atoms. The van der Waals surface area contributed by atoms with E-state index in [9.17, 15) is 14.9 Å². The van der Waals surface area contributed by atoms with Gasteiger partial charge in [-0.05, 0) is 67.6 Å². The standard InChI is InChI=1S/C22H19NO6/c1-15-13-19(9-11-21(15)23(25)26)28-14-20-8-7-18(29-20)10-12-22(24)16-3-5-17(27-2)6-4-16/h3-13H,14H2,1-2H3/b12-10+. The van der Waals surface area contributed by atoms with Gasteiger partial charge in [0.25, 0.3) is 5.69 Å². The number of methoxy groups -OCH3 is 1. The molecule has 0 amide bonds. The molecule has 0 aliphatic heterocycles. The third-order valence-corrected chi connectivity index (χ3v) is 4.20. The number of nitrogens with zero attached hydrogens (tertiary/aromatic N) is 1. The summed E-state index contributed by atoms with van der Waals surface area (Å²) in [7, 11) is 1.57. The molecule has 1 aromatic heterocycles. The number of ether oxygens (including phenoxy) is 2. The third kappa shape index (κ3) is 5.10. The Morgan fingerprint density at radius 3 is 2.48 bits per heavy atom. The number of carbonyl (C=O) groups excluding carboxylic acids is 1. The van der Waals surface area contributed by atoms with E-state index in [1.54, 1.807) is 68.6 Å². The Bertz CT molecular complexity index is 1050. The van der Waals surface area contributed by atoms with Crippen LogP contribution >= 0.6 is 0 Å². The van der Waals surface area contributed by atoms with Crippen LogP contribution in [0, 0.1) is 17.0 Å². The van der Waals surface area contributed by atoms with Gasteiger partial charge in [-0.1, -0.05) is 0 Å². The maximum atomic E-state index is 12.2. The Morgan fingerprint density at radius 1 is 1.10 bits per heavy atom. The van der Waals surface area contributed by atoms with Gasteiger partial charge in [0.2, 0.25) is 0 Å². The van der Waals surface area contributed by atoms with Gasteiger partial charge in [0.15, 0.2) is 5.78 Å². The predicted molar refractivity (Wildman–Crippen MR) is 107 cm³/mol. The first-order valence-corrected chi connectivity index (χ1v) is 8.79. The van der Waals surface area contributed by atoms with Crippen molar-refractivity contribution < 1.29 is 23.6 Å². The first-order valence-electron chi connectivity index (χ1n) is 8.79. The van der Waals surface area contributed by atoms with Crippen LogP contribution in [0.5, 0.6) is 11.5 Å². The van der Waals surface area contributed by atoms with Crippen LogP contribution in [0.25, 0.3) is 6.08 Å². The Hall–Kier alpha value is -3.87. The van der Waals surface area contributed by atoms with E-state index in [4.69, 9.17) is 13.9 Å². The average Bonchev–Trinajstić information content (AvgIpc) is 3.18. The number of allylic oxidation sites excluding steroid dienone is 1. The second-order valence-corrected chi connectivity index (χ2v) is 6.22. The number of nitro groups is 1. The number of benzene rings is 2. The molecule has 3 aromatic rings. The molecule has 7 nitrogen and oxygen atoms in total. The van der Waals surface area contributed by atoms with Gasteiger partial charge in [0, 0.05) is 17.2 Å². The Labute approximate surface area is 167 Å². The van der Waals surface area contributed by atoms with Crippen molar-refractivity contribution in [1.82, 2.24) is 0 Å². The summed E-state index contributed by atoms with van der Waals surface area (Å²) < 4.78 is 16.3. The summed E-state index contributed by atoms with van der Waals surface area (Å²) in [5.74, 6) is 2.13. The van der Waals surface area contributed by atoms with Crippen molar-refractivity contribution in [3.05, 3.63) is 93.4 Å². The van der Waals surface area contributed by atoms with Crippen LogP contribution in [-0.4, -0.2) is 17.8 Å². The molecular formula is C22H19NO6. The SMILES string of the molecule is COc1ccc(C(=O)/C=C/c2ccc(COc3ccc([N+](=O)[O-])c(C)c3)o2)cc1. The van der Waals surface area contributed by atoms with Gasteiger partial charge >= 0.3 is 0 Å². The molecule has 3 rings (SSSR count). The van der Waals surface area contributed by atoms with Crippen LogP contribution in [0.1, 0.15) is 27.4 Å². The van der Waals surface area contributed by atoms with Crippen molar-refractivity contribution in [2.24, 2.45) is 0 Å². The number of hydrogen-bond acceptors (Lipinski definition) is 6. The van der Waals surface area contributed by atoms with E-state index < -0.39 is 4.92 Å². The lowest BCUT2D eigenvalue weighted by molar-refractivity contribution is -0.385. The molecule has 7 heteroatoms. The summed E-state index contributed by atoms with van der Waals surface area (Å²) in [4.78, 5) is 22.6. The van der Waals surface area contributed by atoms with Gasteiger partial charge < -0.3 is 13.9 Å². The number of hydrogen-bond donors (Lipinski definition) is 0. The van der Waals surface area contributed by atoms with E-state index in [2.05, 4.69) is 0 Å². The molecule has 0 unspecified atom stereocenters. The molecule has 0 atom stereocenters. The van der Waals surface area contributed by atoms with Gasteiger partial charge in [-0.3, -0.25) is 14.9 Å². The molecule has 0 saturated carbocycles. The lowest BCUT2D eigenvalue weighted by atomic mass is 10.1. The number of ketones is 1. The monoisotopic (exact) mass is 393 g/mol. The van der Waals surface area contributed by atoms with Crippen LogP contribution in [0.15, 0.2) is 65.1 Å². The first kappa shape index (κ1) is 19.9. The normalized spacial score (nSPS) is 10.8. The zero-order valence-corrected chi connectivity index (χ0v) is 16.0. The van der Waals surface area contributed by atoms with Crippen molar-refractivity contribution in [2.45, 2.75) is 13.5 Å². The number of aryl methyl sites for hydroxylation is 1. The molecular weight excluding hydrogens is 374 g/mol. The van der Waals surface area contributed by atoms with E-state index in [0.29, 0.717) is 34.1 Å². The maximum absolute atomic E-state index is 12.2. The summed E-state index contributed by atoms with van der Waals surface area (Å²) in [6.07, 6.45) is 3.02. The topological polar surface area (TPSA) is 91.8 Å². The van der Waals surface area contributed by atoms with Crippen molar-refractivity contribution in [1.29, 1.82) is 0 Å². The zero-order valence-electron chi connectivity index (χ0n) is 16.0. The minimum atomic E-state index is -0.433. The lowest BCUT2D eigenvalue weighted by Gasteiger charge is -2.05. The molecule has 0 aliphatic carbocycles. The van der Waals surface area contributed by atoms with E-state index in [-0.39, 0.29) is 18.1 Å². The molecule has 0 N–H and O–H groups in total. The summed E-state index contributed by atoms with van der Waals surface area (Å²) in [5, 5.41) is 10.9. The van der Waals surface area contributed by atoms with Crippen LogP contribution in [0.2, 0.25) is 0 Å². The van der Waals surface area contributed by atoms with E-state index in [1.807, 2.05) is 0 Å². The fourth-order valence-electron chi connectivity index (χ4n) is 2.65. The molecule has 0 aliphatic rings. The largest absolute Gasteiger partial charge is 0.497 e. The van der Waals surface area contributed by atoms with Crippen molar-refractivity contribution >= 4 is 17.5 Å². The lowest BCUT2D eigenvalue weighted by Crippen LogP contribution is -1.96. The number of furan rings is 1. The highest BCUT2D eigenvalue weighted by Gasteiger charge is 2.11. The fourth-order valence-corrected chi connectivity index (χ4v) is 2.65. The van der Waals surface area contributed by atoms with Crippen LogP contribution < -0.4 is 9.47 Å². The smallest absolute Gasteiger partial charge is 0.272 e. The van der Waals surface area contributed by atoms with Crippen LogP contribution in [0.3, 0.4) is 0 Å². The Morgan fingerprint density at radius 2 is 1.83 bits per heavy atom. The highest BCUT2D eigenvalue weighted by Crippen LogP contribution is 2.24. The van der Waals surface area contributed by atoms with Crippen molar-refractivity contribution in [2.75, 3.05) is 7.11 Å². The molecule has 0 radical (unpaired) electrons. The third-order valence-electron chi connectivity index (χ3n) is 4.20. The van der Waals surface area contributed by atoms with Gasteiger partial charge in [-0.25, -0.2) is 0 Å². The average molecular weight is 393 g/mol. The summed E-state index contributed by atoms with van der Waals surface area (Å²) in [6, 6.07) is 14.9. The highest BCUT2D eigenvalue weighted by atomic mass is 16.6. The van der Waals surface area contributed by atoms with Gasteiger partial charge in [0.05, 0.1) is 12.0 Å². The van der Waals surface area contributed by atoms with Gasteiger partial charge in [0.1, 0.15) is 29.6 Å². The molecule has 2 aromatic carbocycles. The number of nitro benzene ring substituents is 1. The number of carbonyl (C=O) groups is 1. The Balaban J connectivity index is 1.59. The predicted octanol–water partition coefficient (Wildman–Crippen LogP) is 4.98. The zero-order chi connectivity index (χ0) is 20.8. The summed E-state index contributed by atoms with van der Waals surface area (Å²) in [6.45, 7) is 1.82. The molecule has 0 spiro atoms. The van der Waals surface area contributed by atoms with Crippen LogP contribution in [-0.2, 0) is 6.61 Å². The van der Waals surface area contributed by atoms with E-state index >= 15 is 0 Å². The van der Waals surface area contributed by atoms with E-state index in [0.717, 1.165) is 0 Å². The second-order valence-electron chi connectivity index (χ2n) is 6.22. The van der Waals surface area contributed by atoms with Crippen molar-refractivity contribution in [3.8, 4) is 11.5 Å². The maximum Gasteiger partial charge on any atom is 0.272 e. The van der Waals surface area contributed by atoms with Crippen molar-refractivity contribution in [3.63, 3.8) is 0 Å². The molecule has 1 heterocycles. The minimum absolute atomic E-state index is 0.0456. The van der Waals surface area contributed by atoms with E-state index in [1.165, 1.54) is 12.1 Å².